The standard InChI is InChI=1S/C21H23NO3/c1-12-7-13(2)9-16(8-12)22-19(24)11-25-18-6-5-14(3)20-15(4)10-17(23)21(18)20/h5-9,15H,10-11H2,1-4H3,(H,22,24)/t15-/m0/s1. The Balaban J connectivity index is 1.72. The van der Waals surface area contributed by atoms with E-state index in [1.54, 1.807) is 6.07 Å². The number of fused-ring (bicyclic) bond motifs is 1. The fraction of sp³-hybridized carbons (Fsp3) is 0.333. The topological polar surface area (TPSA) is 55.4 Å². The molecule has 3 rings (SSSR count). The minimum Gasteiger partial charge on any atom is -0.483 e. The smallest absolute Gasteiger partial charge is 0.262 e. The van der Waals surface area contributed by atoms with E-state index in [0.717, 1.165) is 27.9 Å². The zero-order valence-corrected chi connectivity index (χ0v) is 15.1. The highest BCUT2D eigenvalue weighted by Crippen LogP contribution is 2.40. The van der Waals surface area contributed by atoms with Crippen LogP contribution in [-0.4, -0.2) is 18.3 Å². The number of ketones is 1. The van der Waals surface area contributed by atoms with E-state index in [1.165, 1.54) is 0 Å². The van der Waals surface area contributed by atoms with Gasteiger partial charge >= 0.3 is 0 Å². The maximum Gasteiger partial charge on any atom is 0.262 e. The zero-order valence-electron chi connectivity index (χ0n) is 15.1. The van der Waals surface area contributed by atoms with Crippen LogP contribution in [0.5, 0.6) is 5.75 Å². The monoisotopic (exact) mass is 337 g/mol. The lowest BCUT2D eigenvalue weighted by Crippen LogP contribution is -2.21. The lowest BCUT2D eigenvalue weighted by Gasteiger charge is -2.13. The first-order chi connectivity index (χ1) is 11.8. The fourth-order valence-electron chi connectivity index (χ4n) is 3.62. The number of nitrogens with one attached hydrogen (secondary N) is 1. The first-order valence-electron chi connectivity index (χ1n) is 8.53. The summed E-state index contributed by atoms with van der Waals surface area (Å²) in [5.74, 6) is 0.564. The van der Waals surface area contributed by atoms with E-state index in [0.29, 0.717) is 17.7 Å². The second-order valence-electron chi connectivity index (χ2n) is 6.91. The normalized spacial score (nSPS) is 15.8. The Bertz CT molecular complexity index is 834. The maximum atomic E-state index is 12.3. The average molecular weight is 337 g/mol. The minimum absolute atomic E-state index is 0.0934. The van der Waals surface area contributed by atoms with E-state index < -0.39 is 0 Å². The van der Waals surface area contributed by atoms with Crippen molar-refractivity contribution in [3.05, 3.63) is 58.1 Å². The van der Waals surface area contributed by atoms with Gasteiger partial charge in [-0.05, 0) is 67.1 Å². The maximum absolute atomic E-state index is 12.3. The summed E-state index contributed by atoms with van der Waals surface area (Å²) >= 11 is 0. The van der Waals surface area contributed by atoms with E-state index >= 15 is 0 Å². The number of carbonyl (C=O) groups excluding carboxylic acids is 2. The molecule has 0 heterocycles. The number of carbonyl (C=O) groups is 2. The number of anilines is 1. The molecule has 1 aliphatic rings. The summed E-state index contributed by atoms with van der Waals surface area (Å²) in [4.78, 5) is 24.5. The largest absolute Gasteiger partial charge is 0.483 e. The van der Waals surface area contributed by atoms with Gasteiger partial charge in [0.05, 0.1) is 5.56 Å². The Kier molecular flexibility index (Phi) is 4.62. The Morgan fingerprint density at radius 3 is 2.52 bits per heavy atom. The number of aryl methyl sites for hydroxylation is 3. The van der Waals surface area contributed by atoms with Crippen molar-refractivity contribution in [3.63, 3.8) is 0 Å². The van der Waals surface area contributed by atoms with Gasteiger partial charge in [-0.25, -0.2) is 0 Å². The summed E-state index contributed by atoms with van der Waals surface area (Å²) in [5, 5.41) is 2.84. The molecule has 0 bridgehead atoms. The van der Waals surface area contributed by atoms with Crippen molar-refractivity contribution in [2.24, 2.45) is 0 Å². The molecular weight excluding hydrogens is 314 g/mol. The molecule has 1 amide bonds. The van der Waals surface area contributed by atoms with Gasteiger partial charge in [-0.2, -0.15) is 0 Å². The summed E-state index contributed by atoms with van der Waals surface area (Å²) in [6.07, 6.45) is 0.505. The summed E-state index contributed by atoms with van der Waals surface area (Å²) < 4.78 is 5.68. The van der Waals surface area contributed by atoms with Gasteiger partial charge in [0.25, 0.3) is 5.91 Å². The predicted molar refractivity (Wildman–Crippen MR) is 98.6 cm³/mol. The molecule has 0 aliphatic heterocycles. The van der Waals surface area contributed by atoms with Crippen molar-refractivity contribution >= 4 is 17.4 Å². The number of hydrogen-bond acceptors (Lipinski definition) is 3. The van der Waals surface area contributed by atoms with Crippen LogP contribution < -0.4 is 10.1 Å². The van der Waals surface area contributed by atoms with Gasteiger partial charge in [0.2, 0.25) is 0 Å². The molecule has 4 heteroatoms. The second-order valence-corrected chi connectivity index (χ2v) is 6.91. The molecule has 25 heavy (non-hydrogen) atoms. The zero-order chi connectivity index (χ0) is 18.1. The summed E-state index contributed by atoms with van der Waals surface area (Å²) in [6.45, 7) is 7.91. The molecule has 1 aliphatic carbocycles. The van der Waals surface area contributed by atoms with Gasteiger partial charge in [-0.1, -0.05) is 19.1 Å². The molecule has 0 unspecified atom stereocenters. The third-order valence-electron chi connectivity index (χ3n) is 4.55. The van der Waals surface area contributed by atoms with Gasteiger partial charge in [0, 0.05) is 12.1 Å². The molecule has 4 nitrogen and oxygen atoms in total. The van der Waals surface area contributed by atoms with Crippen LogP contribution in [0.3, 0.4) is 0 Å². The molecule has 0 fully saturated rings. The van der Waals surface area contributed by atoms with Crippen LogP contribution in [-0.2, 0) is 4.79 Å². The van der Waals surface area contributed by atoms with Crippen molar-refractivity contribution in [1.29, 1.82) is 0 Å². The van der Waals surface area contributed by atoms with Crippen molar-refractivity contribution in [3.8, 4) is 5.75 Å². The van der Waals surface area contributed by atoms with E-state index in [1.807, 2.05) is 45.9 Å². The van der Waals surface area contributed by atoms with Gasteiger partial charge in [0.15, 0.2) is 12.4 Å². The SMILES string of the molecule is Cc1cc(C)cc(NC(=O)COc2ccc(C)c3c2C(=O)C[C@@H]3C)c1. The van der Waals surface area contributed by atoms with E-state index in [9.17, 15) is 9.59 Å². The van der Waals surface area contributed by atoms with Crippen LogP contribution in [0.4, 0.5) is 5.69 Å². The Morgan fingerprint density at radius 2 is 1.84 bits per heavy atom. The first-order valence-corrected chi connectivity index (χ1v) is 8.53. The van der Waals surface area contributed by atoms with Gasteiger partial charge in [-0.15, -0.1) is 0 Å². The number of ether oxygens (including phenoxy) is 1. The average Bonchev–Trinajstić information content (AvgIpc) is 2.81. The molecule has 0 radical (unpaired) electrons. The van der Waals surface area contributed by atoms with Crippen molar-refractivity contribution in [2.75, 3.05) is 11.9 Å². The second kappa shape index (κ2) is 6.71. The fourth-order valence-corrected chi connectivity index (χ4v) is 3.62. The van der Waals surface area contributed by atoms with Crippen molar-refractivity contribution in [1.82, 2.24) is 0 Å². The Labute approximate surface area is 148 Å². The van der Waals surface area contributed by atoms with Crippen LogP contribution >= 0.6 is 0 Å². The third-order valence-corrected chi connectivity index (χ3v) is 4.55. The van der Waals surface area contributed by atoms with E-state index in [4.69, 9.17) is 4.74 Å². The Hall–Kier alpha value is -2.62. The number of rotatable bonds is 4. The molecule has 0 spiro atoms. The third kappa shape index (κ3) is 3.58. The number of Topliss-reactive ketones (excluding diaryl/α,β-unsaturated/α-hetero) is 1. The lowest BCUT2D eigenvalue weighted by molar-refractivity contribution is -0.118. The molecule has 1 N–H and O–H groups in total. The summed E-state index contributed by atoms with van der Waals surface area (Å²) in [7, 11) is 0. The van der Waals surface area contributed by atoms with E-state index in [2.05, 4.69) is 11.4 Å². The summed E-state index contributed by atoms with van der Waals surface area (Å²) in [5.41, 5.74) is 5.73. The molecular formula is C21H23NO3. The minimum atomic E-state index is -0.238. The molecule has 2 aromatic rings. The van der Waals surface area contributed by atoms with Gasteiger partial charge in [-0.3, -0.25) is 9.59 Å². The molecule has 0 saturated carbocycles. The number of hydrogen-bond donors (Lipinski definition) is 1. The van der Waals surface area contributed by atoms with Gasteiger partial charge in [0.1, 0.15) is 5.75 Å². The van der Waals surface area contributed by atoms with Crippen LogP contribution in [0.2, 0.25) is 0 Å². The van der Waals surface area contributed by atoms with Crippen LogP contribution in [0.15, 0.2) is 30.3 Å². The predicted octanol–water partition coefficient (Wildman–Crippen LogP) is 4.32. The lowest BCUT2D eigenvalue weighted by atomic mass is 9.97. The van der Waals surface area contributed by atoms with E-state index in [-0.39, 0.29) is 24.2 Å². The van der Waals surface area contributed by atoms with Crippen molar-refractivity contribution < 1.29 is 14.3 Å². The quantitative estimate of drug-likeness (QED) is 0.904. The molecule has 0 aromatic heterocycles. The van der Waals surface area contributed by atoms with Gasteiger partial charge < -0.3 is 10.1 Å². The highest BCUT2D eigenvalue weighted by Gasteiger charge is 2.31. The molecule has 0 saturated heterocycles. The highest BCUT2D eigenvalue weighted by atomic mass is 16.5. The number of amides is 1. The number of benzene rings is 2. The highest BCUT2D eigenvalue weighted by molar-refractivity contribution is 6.04. The summed E-state index contributed by atoms with van der Waals surface area (Å²) in [6, 6.07) is 9.62. The molecule has 2 aromatic carbocycles. The Morgan fingerprint density at radius 1 is 1.16 bits per heavy atom. The first kappa shape index (κ1) is 17.2. The van der Waals surface area contributed by atoms with Crippen LogP contribution in [0.25, 0.3) is 0 Å². The van der Waals surface area contributed by atoms with Crippen LogP contribution in [0.1, 0.15) is 51.9 Å². The molecule has 130 valence electrons. The van der Waals surface area contributed by atoms with Crippen molar-refractivity contribution in [2.45, 2.75) is 40.0 Å². The molecule has 1 atom stereocenters. The van der Waals surface area contributed by atoms with Crippen LogP contribution in [0, 0.1) is 20.8 Å².